The Labute approximate surface area is 169 Å². The monoisotopic (exact) mass is 439 g/mol. The van der Waals surface area contributed by atoms with E-state index in [0.29, 0.717) is 21.5 Å². The molecule has 1 aromatic heterocycles. The van der Waals surface area contributed by atoms with E-state index in [1.54, 1.807) is 24.3 Å². The lowest BCUT2D eigenvalue weighted by molar-refractivity contribution is 0.281. The Hall–Kier alpha value is -2.96. The summed E-state index contributed by atoms with van der Waals surface area (Å²) in [7, 11) is 0. The van der Waals surface area contributed by atoms with Crippen LogP contribution in [0, 0.1) is 5.82 Å². The molecule has 0 fully saturated rings. The van der Waals surface area contributed by atoms with E-state index in [0.717, 1.165) is 11.3 Å². The molecule has 1 N–H and O–H groups in total. The lowest BCUT2D eigenvalue weighted by atomic mass is 10.0. The van der Waals surface area contributed by atoms with Crippen LogP contribution in [0.1, 0.15) is 5.56 Å². The van der Waals surface area contributed by atoms with Crippen LogP contribution in [0.2, 0.25) is 0 Å². The second-order valence-corrected chi connectivity index (χ2v) is 6.98. The lowest BCUT2D eigenvalue weighted by Crippen LogP contribution is -1.91. The number of rotatable bonds is 5. The van der Waals surface area contributed by atoms with Gasteiger partial charge in [-0.15, -0.1) is 0 Å². The van der Waals surface area contributed by atoms with Crippen LogP contribution in [0.15, 0.2) is 81.8 Å². The molecule has 0 atom stereocenters. The average Bonchev–Trinajstić information content (AvgIpc) is 3.13. The van der Waals surface area contributed by atoms with Gasteiger partial charge in [-0.2, -0.15) is 0 Å². The second-order valence-electron chi connectivity index (χ2n) is 6.06. The summed E-state index contributed by atoms with van der Waals surface area (Å²) in [6.45, 7) is -0.327. The van der Waals surface area contributed by atoms with Crippen molar-refractivity contribution in [3.8, 4) is 34.1 Å². The molecular formula is C22H15BrFNO3. The minimum atomic E-state index is -0.460. The van der Waals surface area contributed by atoms with Gasteiger partial charge in [-0.05, 0) is 54.6 Å². The molecule has 0 bridgehead atoms. The summed E-state index contributed by atoms with van der Waals surface area (Å²) in [6.07, 6.45) is 0. The standard InChI is InChI=1S/C22H15BrFNO3/c23-15-8-11-18(20(24)12-15)22-19(13-26)21(25-28-22)14-6-9-17(10-7-14)27-16-4-2-1-3-5-16/h1-12,26H,13H2. The molecule has 4 aromatic rings. The van der Waals surface area contributed by atoms with E-state index in [4.69, 9.17) is 9.26 Å². The van der Waals surface area contributed by atoms with Crippen molar-refractivity contribution in [1.82, 2.24) is 5.16 Å². The molecule has 4 rings (SSSR count). The molecule has 0 spiro atoms. The van der Waals surface area contributed by atoms with Gasteiger partial charge in [0.1, 0.15) is 23.0 Å². The first-order valence-corrected chi connectivity index (χ1v) is 9.33. The van der Waals surface area contributed by atoms with E-state index in [-0.39, 0.29) is 17.9 Å². The molecule has 0 unspecified atom stereocenters. The normalized spacial score (nSPS) is 10.8. The smallest absolute Gasteiger partial charge is 0.175 e. The van der Waals surface area contributed by atoms with Gasteiger partial charge in [0, 0.05) is 10.0 Å². The minimum absolute atomic E-state index is 0.215. The molecule has 0 saturated carbocycles. The number of benzene rings is 3. The van der Waals surface area contributed by atoms with Crippen molar-refractivity contribution in [2.45, 2.75) is 6.61 Å². The quantitative estimate of drug-likeness (QED) is 0.402. The van der Waals surface area contributed by atoms with E-state index < -0.39 is 5.82 Å². The zero-order valence-electron chi connectivity index (χ0n) is 14.6. The van der Waals surface area contributed by atoms with Crippen LogP contribution < -0.4 is 4.74 Å². The van der Waals surface area contributed by atoms with Crippen molar-refractivity contribution >= 4 is 15.9 Å². The summed E-state index contributed by atoms with van der Waals surface area (Å²) in [4.78, 5) is 0. The number of ether oxygens (including phenoxy) is 1. The third kappa shape index (κ3) is 3.69. The van der Waals surface area contributed by atoms with Crippen molar-refractivity contribution in [3.63, 3.8) is 0 Å². The summed E-state index contributed by atoms with van der Waals surface area (Å²) in [5.41, 5.74) is 1.87. The Kier molecular flexibility index (Phi) is 5.23. The van der Waals surface area contributed by atoms with Crippen molar-refractivity contribution < 1.29 is 18.8 Å². The van der Waals surface area contributed by atoms with Crippen molar-refractivity contribution in [2.75, 3.05) is 0 Å². The van der Waals surface area contributed by atoms with Crippen LogP contribution in [0.3, 0.4) is 0 Å². The molecule has 6 heteroatoms. The summed E-state index contributed by atoms with van der Waals surface area (Å²) in [5.74, 6) is 1.16. The highest BCUT2D eigenvalue weighted by Gasteiger charge is 2.21. The highest BCUT2D eigenvalue weighted by Crippen LogP contribution is 2.35. The largest absolute Gasteiger partial charge is 0.457 e. The maximum absolute atomic E-state index is 14.3. The topological polar surface area (TPSA) is 55.5 Å². The number of hydrogen-bond acceptors (Lipinski definition) is 4. The molecule has 0 amide bonds. The molecule has 140 valence electrons. The van der Waals surface area contributed by atoms with Gasteiger partial charge in [0.25, 0.3) is 0 Å². The lowest BCUT2D eigenvalue weighted by Gasteiger charge is -2.06. The predicted octanol–water partition coefficient (Wildman–Crippen LogP) is 6.19. The summed E-state index contributed by atoms with van der Waals surface area (Å²) in [6, 6.07) is 21.3. The van der Waals surface area contributed by atoms with Gasteiger partial charge < -0.3 is 14.4 Å². The molecule has 28 heavy (non-hydrogen) atoms. The van der Waals surface area contributed by atoms with Crippen LogP contribution >= 0.6 is 15.9 Å². The van der Waals surface area contributed by atoms with Crippen molar-refractivity contribution in [1.29, 1.82) is 0 Å². The molecule has 0 aliphatic heterocycles. The van der Waals surface area contributed by atoms with Crippen LogP contribution in [0.5, 0.6) is 11.5 Å². The van der Waals surface area contributed by atoms with Gasteiger partial charge in [0.15, 0.2) is 5.76 Å². The highest BCUT2D eigenvalue weighted by atomic mass is 79.9. The first-order valence-electron chi connectivity index (χ1n) is 8.54. The number of aliphatic hydroxyl groups excluding tert-OH is 1. The Balaban J connectivity index is 1.65. The van der Waals surface area contributed by atoms with E-state index in [1.807, 2.05) is 42.5 Å². The summed E-state index contributed by atoms with van der Waals surface area (Å²) >= 11 is 3.23. The molecule has 3 aromatic carbocycles. The first-order chi connectivity index (χ1) is 13.7. The van der Waals surface area contributed by atoms with Crippen LogP contribution in [-0.2, 0) is 6.61 Å². The van der Waals surface area contributed by atoms with Gasteiger partial charge >= 0.3 is 0 Å². The van der Waals surface area contributed by atoms with Gasteiger partial charge in [0.05, 0.1) is 17.7 Å². The Morgan fingerprint density at radius 2 is 1.68 bits per heavy atom. The zero-order valence-corrected chi connectivity index (χ0v) is 16.2. The maximum Gasteiger partial charge on any atom is 0.175 e. The van der Waals surface area contributed by atoms with Crippen molar-refractivity contribution in [2.24, 2.45) is 0 Å². The fourth-order valence-electron chi connectivity index (χ4n) is 2.87. The number of para-hydroxylation sites is 1. The third-order valence-corrected chi connectivity index (χ3v) is 4.72. The molecule has 0 aliphatic rings. The number of aliphatic hydroxyl groups is 1. The Morgan fingerprint density at radius 3 is 2.36 bits per heavy atom. The number of halogens is 2. The Bertz CT molecular complexity index is 1090. The van der Waals surface area contributed by atoms with E-state index in [9.17, 15) is 9.50 Å². The van der Waals surface area contributed by atoms with Gasteiger partial charge in [-0.3, -0.25) is 0 Å². The second kappa shape index (κ2) is 7.96. The van der Waals surface area contributed by atoms with E-state index >= 15 is 0 Å². The van der Waals surface area contributed by atoms with E-state index in [1.165, 1.54) is 6.07 Å². The van der Waals surface area contributed by atoms with E-state index in [2.05, 4.69) is 21.1 Å². The predicted molar refractivity (Wildman–Crippen MR) is 107 cm³/mol. The van der Waals surface area contributed by atoms with Crippen LogP contribution in [0.25, 0.3) is 22.6 Å². The maximum atomic E-state index is 14.3. The molecule has 0 aliphatic carbocycles. The van der Waals surface area contributed by atoms with Crippen LogP contribution in [-0.4, -0.2) is 10.3 Å². The molecule has 1 heterocycles. The summed E-state index contributed by atoms with van der Waals surface area (Å²) < 4.78 is 26.1. The molecule has 0 radical (unpaired) electrons. The number of nitrogens with zero attached hydrogens (tertiary/aromatic N) is 1. The van der Waals surface area contributed by atoms with Crippen molar-refractivity contribution in [3.05, 3.63) is 88.6 Å². The number of aromatic nitrogens is 1. The number of hydrogen-bond donors (Lipinski definition) is 1. The first kappa shape index (κ1) is 18.4. The molecular weight excluding hydrogens is 425 g/mol. The van der Waals surface area contributed by atoms with Gasteiger partial charge in [0.2, 0.25) is 0 Å². The van der Waals surface area contributed by atoms with Crippen LogP contribution in [0.4, 0.5) is 4.39 Å². The fraction of sp³-hybridized carbons (Fsp3) is 0.0455. The molecule has 4 nitrogen and oxygen atoms in total. The van der Waals surface area contributed by atoms with Gasteiger partial charge in [-0.1, -0.05) is 39.3 Å². The van der Waals surface area contributed by atoms with Gasteiger partial charge in [-0.25, -0.2) is 4.39 Å². The molecule has 0 saturated heterocycles. The third-order valence-electron chi connectivity index (χ3n) is 4.23. The minimum Gasteiger partial charge on any atom is -0.457 e. The average molecular weight is 440 g/mol. The zero-order chi connectivity index (χ0) is 19.5. The fourth-order valence-corrected chi connectivity index (χ4v) is 3.21. The SMILES string of the molecule is OCc1c(-c2ccc(Oc3ccccc3)cc2)noc1-c1ccc(Br)cc1F. The highest BCUT2D eigenvalue weighted by molar-refractivity contribution is 9.10. The Morgan fingerprint density at radius 1 is 0.964 bits per heavy atom. The summed E-state index contributed by atoms with van der Waals surface area (Å²) in [5, 5.41) is 13.9.